The van der Waals surface area contributed by atoms with Crippen LogP contribution < -0.4 is 5.73 Å². The number of hydrogen-bond acceptors (Lipinski definition) is 5. The topological polar surface area (TPSA) is 74.4 Å². The van der Waals surface area contributed by atoms with Gasteiger partial charge in [0.05, 0.1) is 13.2 Å². The van der Waals surface area contributed by atoms with E-state index in [2.05, 4.69) is 20.9 Å². The number of nitrogens with zero attached hydrogens (tertiary/aromatic N) is 1. The van der Waals surface area contributed by atoms with Gasteiger partial charge in [0.2, 0.25) is 0 Å². The zero-order valence-electron chi connectivity index (χ0n) is 9.80. The molecule has 17 heavy (non-hydrogen) atoms. The Morgan fingerprint density at radius 2 is 2.00 bits per heavy atom. The van der Waals surface area contributed by atoms with Gasteiger partial charge in [-0.25, -0.2) is 4.98 Å². The maximum atomic E-state index is 12.4. The monoisotopic (exact) mass is 322 g/mol. The van der Waals surface area contributed by atoms with Crippen LogP contribution in [0.1, 0.15) is 25.2 Å². The van der Waals surface area contributed by atoms with Gasteiger partial charge in [0.25, 0.3) is 0 Å². The summed E-state index contributed by atoms with van der Waals surface area (Å²) >= 11 is 3.22. The Balaban J connectivity index is 2.95. The van der Waals surface area contributed by atoms with E-state index in [1.807, 2.05) is 0 Å². The Hall–Kier alpha value is -0.260. The first kappa shape index (κ1) is 14.8. The molecule has 96 valence electrons. The van der Waals surface area contributed by atoms with Crippen LogP contribution in [0.4, 0.5) is 0 Å². The lowest BCUT2D eigenvalue weighted by Crippen LogP contribution is -2.15. The summed E-state index contributed by atoms with van der Waals surface area (Å²) < 4.78 is 23.5. The molecule has 1 aromatic heterocycles. The fraction of sp³-hybridized carbons (Fsp3) is 0.500. The Morgan fingerprint density at radius 1 is 1.41 bits per heavy atom. The van der Waals surface area contributed by atoms with E-state index >= 15 is 0 Å². The van der Waals surface area contributed by atoms with Crippen molar-refractivity contribution in [3.8, 4) is 0 Å². The molecule has 1 rings (SSSR count). The van der Waals surface area contributed by atoms with Crippen molar-refractivity contribution >= 4 is 23.5 Å². The van der Waals surface area contributed by atoms with Crippen molar-refractivity contribution in [2.45, 2.75) is 19.6 Å². The number of halogens is 1. The zero-order valence-corrected chi connectivity index (χ0v) is 12.3. The van der Waals surface area contributed by atoms with Gasteiger partial charge in [-0.1, -0.05) is 6.07 Å². The van der Waals surface area contributed by atoms with Crippen LogP contribution in [0.3, 0.4) is 0 Å². The molecular weight excluding hydrogens is 307 g/mol. The molecule has 2 N–H and O–H groups in total. The maximum Gasteiger partial charge on any atom is 0.351 e. The summed E-state index contributed by atoms with van der Waals surface area (Å²) in [5, 5.41) is 0. The van der Waals surface area contributed by atoms with Crippen molar-refractivity contribution in [1.29, 1.82) is 0 Å². The summed E-state index contributed by atoms with van der Waals surface area (Å²) in [6, 6.07) is 3.48. The Morgan fingerprint density at radius 3 is 2.41 bits per heavy atom. The largest absolute Gasteiger partial charge is 0.351 e. The second-order valence-electron chi connectivity index (χ2n) is 3.23. The van der Waals surface area contributed by atoms with Gasteiger partial charge in [-0.2, -0.15) is 0 Å². The summed E-state index contributed by atoms with van der Waals surface area (Å²) in [5.41, 5.74) is 6.55. The van der Waals surface area contributed by atoms with Crippen molar-refractivity contribution in [2.75, 3.05) is 13.2 Å². The van der Waals surface area contributed by atoms with Crippen LogP contribution in [-0.2, 0) is 13.6 Å². The van der Waals surface area contributed by atoms with Crippen LogP contribution in [0.15, 0.2) is 22.9 Å². The molecule has 5 nitrogen and oxygen atoms in total. The summed E-state index contributed by atoms with van der Waals surface area (Å²) in [6.07, 6.45) is 1.56. The van der Waals surface area contributed by atoms with E-state index in [9.17, 15) is 4.57 Å². The van der Waals surface area contributed by atoms with E-state index in [1.165, 1.54) is 0 Å². The smallest absolute Gasteiger partial charge is 0.314 e. The molecule has 0 unspecified atom stereocenters. The summed E-state index contributed by atoms with van der Waals surface area (Å²) in [4.78, 5) is 4.04. The number of rotatable bonds is 6. The van der Waals surface area contributed by atoms with Crippen LogP contribution in [0.25, 0.3) is 0 Å². The summed E-state index contributed by atoms with van der Waals surface area (Å²) in [6.45, 7) is 4.07. The van der Waals surface area contributed by atoms with Crippen LogP contribution in [0.5, 0.6) is 0 Å². The number of pyridine rings is 1. The maximum absolute atomic E-state index is 12.4. The predicted octanol–water partition coefficient (Wildman–Crippen LogP) is 3.07. The van der Waals surface area contributed by atoms with E-state index in [-0.39, 0.29) is 13.2 Å². The fourth-order valence-corrected chi connectivity index (χ4v) is 3.17. The van der Waals surface area contributed by atoms with E-state index in [1.54, 1.807) is 32.2 Å². The highest BCUT2D eigenvalue weighted by atomic mass is 79.9. The highest BCUT2D eigenvalue weighted by Crippen LogP contribution is 2.58. The van der Waals surface area contributed by atoms with Gasteiger partial charge in [0.1, 0.15) is 10.4 Å². The molecule has 0 saturated carbocycles. The summed E-state index contributed by atoms with van der Waals surface area (Å²) in [5.74, 6) is -0.817. The van der Waals surface area contributed by atoms with E-state index in [0.29, 0.717) is 10.2 Å². The molecule has 0 amide bonds. The standard InChI is InChI=1S/C10H16BrN2O3P/c1-3-15-17(14,16-4-2)10(12)8-5-6-9(11)13-7-8/h5-7,10H,3-4,12H2,1-2H3/t10-/m0/s1. The minimum atomic E-state index is -3.32. The minimum absolute atomic E-state index is 0.287. The first-order chi connectivity index (χ1) is 8.03. The first-order valence-electron chi connectivity index (χ1n) is 5.29. The van der Waals surface area contributed by atoms with Crippen molar-refractivity contribution in [3.05, 3.63) is 28.5 Å². The molecule has 1 heterocycles. The van der Waals surface area contributed by atoms with E-state index < -0.39 is 13.4 Å². The third-order valence-corrected chi connectivity index (χ3v) is 4.74. The van der Waals surface area contributed by atoms with Gasteiger partial charge in [-0.05, 0) is 41.4 Å². The van der Waals surface area contributed by atoms with Crippen molar-refractivity contribution in [3.63, 3.8) is 0 Å². The third-order valence-electron chi connectivity index (χ3n) is 2.05. The lowest BCUT2D eigenvalue weighted by molar-refractivity contribution is 0.212. The molecule has 1 aromatic rings. The number of hydrogen-bond donors (Lipinski definition) is 1. The van der Waals surface area contributed by atoms with E-state index in [0.717, 1.165) is 0 Å². The second-order valence-corrected chi connectivity index (χ2v) is 6.20. The van der Waals surface area contributed by atoms with E-state index in [4.69, 9.17) is 14.8 Å². The molecule has 0 aliphatic heterocycles. The molecular formula is C10H16BrN2O3P. The van der Waals surface area contributed by atoms with Crippen molar-refractivity contribution in [1.82, 2.24) is 4.98 Å². The molecule has 0 spiro atoms. The van der Waals surface area contributed by atoms with Gasteiger partial charge in [0, 0.05) is 6.20 Å². The minimum Gasteiger partial charge on any atom is -0.314 e. The molecule has 0 aliphatic rings. The lowest BCUT2D eigenvalue weighted by atomic mass is 10.3. The molecule has 0 saturated heterocycles. The SMILES string of the molecule is CCOP(=O)(OCC)[C@H](N)c1ccc(Br)nc1. The lowest BCUT2D eigenvalue weighted by Gasteiger charge is -2.23. The molecule has 0 fully saturated rings. The average molecular weight is 323 g/mol. The third kappa shape index (κ3) is 3.86. The molecule has 0 aliphatic carbocycles. The van der Waals surface area contributed by atoms with Crippen LogP contribution in [0, 0.1) is 0 Å². The molecule has 1 atom stereocenters. The molecule has 7 heteroatoms. The van der Waals surface area contributed by atoms with Crippen molar-refractivity contribution < 1.29 is 13.6 Å². The summed E-state index contributed by atoms with van der Waals surface area (Å²) in [7, 11) is -3.32. The second kappa shape index (κ2) is 6.61. The normalized spacial score (nSPS) is 13.6. The van der Waals surface area contributed by atoms with Gasteiger partial charge in [-0.3, -0.25) is 4.57 Å². The Labute approximate surface area is 109 Å². The zero-order chi connectivity index (χ0) is 12.9. The first-order valence-corrected chi connectivity index (χ1v) is 7.69. The predicted molar refractivity (Wildman–Crippen MR) is 69.7 cm³/mol. The highest BCUT2D eigenvalue weighted by molar-refractivity contribution is 9.10. The molecule has 0 bridgehead atoms. The van der Waals surface area contributed by atoms with Gasteiger partial charge < -0.3 is 14.8 Å². The Bertz CT molecular complexity index is 389. The number of nitrogens with two attached hydrogens (primary N) is 1. The fourth-order valence-electron chi connectivity index (χ4n) is 1.30. The Kier molecular flexibility index (Phi) is 5.76. The van der Waals surface area contributed by atoms with Gasteiger partial charge in [-0.15, -0.1) is 0 Å². The van der Waals surface area contributed by atoms with Crippen LogP contribution in [0.2, 0.25) is 0 Å². The quantitative estimate of drug-likeness (QED) is 0.643. The van der Waals surface area contributed by atoms with Gasteiger partial charge in [0.15, 0.2) is 0 Å². The van der Waals surface area contributed by atoms with Gasteiger partial charge >= 0.3 is 7.60 Å². The number of aromatic nitrogens is 1. The highest BCUT2D eigenvalue weighted by Gasteiger charge is 2.33. The molecule has 0 aromatic carbocycles. The average Bonchev–Trinajstić information content (AvgIpc) is 2.30. The van der Waals surface area contributed by atoms with Crippen LogP contribution >= 0.6 is 23.5 Å². The van der Waals surface area contributed by atoms with Crippen molar-refractivity contribution in [2.24, 2.45) is 5.73 Å². The molecule has 0 radical (unpaired) electrons. The van der Waals surface area contributed by atoms with Crippen LogP contribution in [-0.4, -0.2) is 18.2 Å².